The summed E-state index contributed by atoms with van der Waals surface area (Å²) in [7, 11) is -2.42. The second-order valence-electron chi connectivity index (χ2n) is 4.10. The Bertz CT molecular complexity index is 588. The molecule has 8 heteroatoms. The van der Waals surface area contributed by atoms with E-state index in [2.05, 4.69) is 20.7 Å². The fourth-order valence-electron chi connectivity index (χ4n) is 1.59. The SMILES string of the molecule is CCC[C@H](NS(=O)(=O)c1ccc(OC)c(Br)c1)C(=O)O. The standard InChI is InChI=1S/C12H16BrNO5S/c1-3-4-10(12(15)16)14-20(17,18)8-5-6-11(19-2)9(13)7-8/h5-7,10,14H,3-4H2,1-2H3,(H,15,16)/t10-/m0/s1. The number of sulfonamides is 1. The average molecular weight is 366 g/mol. The summed E-state index contributed by atoms with van der Waals surface area (Å²) in [5, 5.41) is 9.00. The van der Waals surface area contributed by atoms with Crippen molar-refractivity contribution in [3.05, 3.63) is 22.7 Å². The summed E-state index contributed by atoms with van der Waals surface area (Å²) in [6.45, 7) is 1.79. The first-order valence-electron chi connectivity index (χ1n) is 5.90. The van der Waals surface area contributed by atoms with E-state index in [0.717, 1.165) is 0 Å². The first-order valence-corrected chi connectivity index (χ1v) is 8.18. The Hall–Kier alpha value is -1.12. The van der Waals surface area contributed by atoms with Crippen molar-refractivity contribution in [2.75, 3.05) is 7.11 Å². The number of ether oxygens (including phenoxy) is 1. The smallest absolute Gasteiger partial charge is 0.321 e. The first-order chi connectivity index (χ1) is 9.31. The van der Waals surface area contributed by atoms with Crippen molar-refractivity contribution in [3.63, 3.8) is 0 Å². The van der Waals surface area contributed by atoms with Gasteiger partial charge >= 0.3 is 5.97 Å². The quantitative estimate of drug-likeness (QED) is 0.770. The van der Waals surface area contributed by atoms with Gasteiger partial charge in [0, 0.05) is 0 Å². The first kappa shape index (κ1) is 16.9. The summed E-state index contributed by atoms with van der Waals surface area (Å²) < 4.78 is 32.0. The highest BCUT2D eigenvalue weighted by molar-refractivity contribution is 9.10. The van der Waals surface area contributed by atoms with Crippen molar-refractivity contribution in [1.29, 1.82) is 0 Å². The number of rotatable bonds is 7. The molecule has 1 atom stereocenters. The minimum Gasteiger partial charge on any atom is -0.496 e. The molecule has 0 aliphatic rings. The van der Waals surface area contributed by atoms with Gasteiger partial charge in [0.1, 0.15) is 11.8 Å². The molecule has 0 radical (unpaired) electrons. The lowest BCUT2D eigenvalue weighted by Gasteiger charge is -2.14. The highest BCUT2D eigenvalue weighted by atomic mass is 79.9. The monoisotopic (exact) mass is 365 g/mol. The second-order valence-corrected chi connectivity index (χ2v) is 6.67. The number of benzene rings is 1. The number of hydrogen-bond donors (Lipinski definition) is 2. The number of carboxylic acids is 1. The normalized spacial score (nSPS) is 12.9. The molecular weight excluding hydrogens is 350 g/mol. The zero-order valence-corrected chi connectivity index (χ0v) is 13.5. The third-order valence-corrected chi connectivity index (χ3v) is 4.70. The molecule has 0 saturated carbocycles. The molecule has 0 spiro atoms. The van der Waals surface area contributed by atoms with Crippen LogP contribution in [0.2, 0.25) is 0 Å². The van der Waals surface area contributed by atoms with Crippen LogP contribution in [0.25, 0.3) is 0 Å². The van der Waals surface area contributed by atoms with Gasteiger partial charge in [-0.2, -0.15) is 4.72 Å². The number of aliphatic carboxylic acids is 1. The van der Waals surface area contributed by atoms with E-state index >= 15 is 0 Å². The van der Waals surface area contributed by atoms with E-state index in [1.807, 2.05) is 0 Å². The van der Waals surface area contributed by atoms with Crippen LogP contribution in [0.15, 0.2) is 27.6 Å². The Morgan fingerprint density at radius 3 is 2.60 bits per heavy atom. The summed E-state index contributed by atoms with van der Waals surface area (Å²) in [6, 6.07) is 3.09. The van der Waals surface area contributed by atoms with Gasteiger partial charge in [0.05, 0.1) is 16.5 Å². The van der Waals surface area contributed by atoms with E-state index in [4.69, 9.17) is 9.84 Å². The Morgan fingerprint density at radius 1 is 1.50 bits per heavy atom. The van der Waals surface area contributed by atoms with Crippen molar-refractivity contribution in [2.45, 2.75) is 30.7 Å². The Balaban J connectivity index is 3.04. The van der Waals surface area contributed by atoms with Gasteiger partial charge in [-0.15, -0.1) is 0 Å². The molecule has 112 valence electrons. The van der Waals surface area contributed by atoms with Crippen LogP contribution in [0, 0.1) is 0 Å². The Kier molecular flexibility index (Phi) is 5.97. The van der Waals surface area contributed by atoms with Crippen molar-refractivity contribution in [2.24, 2.45) is 0 Å². The van der Waals surface area contributed by atoms with Crippen molar-refractivity contribution in [1.82, 2.24) is 4.72 Å². The van der Waals surface area contributed by atoms with Gasteiger partial charge in [-0.25, -0.2) is 8.42 Å². The molecule has 1 aromatic rings. The van der Waals surface area contributed by atoms with E-state index in [9.17, 15) is 13.2 Å². The van der Waals surface area contributed by atoms with Crippen LogP contribution < -0.4 is 9.46 Å². The predicted octanol–water partition coefficient (Wildman–Crippen LogP) is 1.99. The Labute approximate surface area is 126 Å². The van der Waals surface area contributed by atoms with E-state index in [0.29, 0.717) is 16.6 Å². The zero-order valence-electron chi connectivity index (χ0n) is 11.1. The summed E-state index contributed by atoms with van der Waals surface area (Å²) in [5.74, 6) is -0.699. The predicted molar refractivity (Wildman–Crippen MR) is 77.3 cm³/mol. The molecule has 2 N–H and O–H groups in total. The van der Waals surface area contributed by atoms with E-state index in [1.165, 1.54) is 25.3 Å². The molecule has 0 fully saturated rings. The van der Waals surface area contributed by atoms with Crippen LogP contribution in [0.5, 0.6) is 5.75 Å². The fraction of sp³-hybridized carbons (Fsp3) is 0.417. The van der Waals surface area contributed by atoms with Gasteiger partial charge in [-0.1, -0.05) is 13.3 Å². The third kappa shape index (κ3) is 4.19. The molecule has 1 rings (SSSR count). The van der Waals surface area contributed by atoms with Gasteiger partial charge in [-0.05, 0) is 40.5 Å². The number of methoxy groups -OCH3 is 1. The molecule has 1 aromatic carbocycles. The largest absolute Gasteiger partial charge is 0.496 e. The van der Waals surface area contributed by atoms with E-state index in [1.54, 1.807) is 6.92 Å². The van der Waals surface area contributed by atoms with Gasteiger partial charge in [0.2, 0.25) is 10.0 Å². The minimum atomic E-state index is -3.89. The lowest BCUT2D eigenvalue weighted by atomic mass is 10.2. The zero-order chi connectivity index (χ0) is 15.3. The molecule has 0 saturated heterocycles. The van der Waals surface area contributed by atoms with Gasteiger partial charge in [0.25, 0.3) is 0 Å². The number of halogens is 1. The van der Waals surface area contributed by atoms with Crippen molar-refractivity contribution >= 4 is 31.9 Å². The van der Waals surface area contributed by atoms with Crippen molar-refractivity contribution in [3.8, 4) is 5.75 Å². The van der Waals surface area contributed by atoms with Gasteiger partial charge in [-0.3, -0.25) is 4.79 Å². The van der Waals surface area contributed by atoms with E-state index in [-0.39, 0.29) is 11.3 Å². The second kappa shape index (κ2) is 7.05. The lowest BCUT2D eigenvalue weighted by molar-refractivity contribution is -0.139. The van der Waals surface area contributed by atoms with Crippen LogP contribution in [-0.2, 0) is 14.8 Å². The summed E-state index contributed by atoms with van der Waals surface area (Å²) >= 11 is 3.19. The van der Waals surface area contributed by atoms with E-state index < -0.39 is 22.0 Å². The minimum absolute atomic E-state index is 0.0208. The maximum atomic E-state index is 12.1. The molecule has 0 aliphatic carbocycles. The number of carboxylic acid groups (broad SMARTS) is 1. The molecule has 0 aromatic heterocycles. The van der Waals surface area contributed by atoms with Gasteiger partial charge in [0.15, 0.2) is 0 Å². The topological polar surface area (TPSA) is 92.7 Å². The molecule has 0 heterocycles. The molecule has 0 unspecified atom stereocenters. The van der Waals surface area contributed by atoms with Crippen LogP contribution in [-0.4, -0.2) is 32.6 Å². The molecule has 20 heavy (non-hydrogen) atoms. The van der Waals surface area contributed by atoms with Gasteiger partial charge < -0.3 is 9.84 Å². The summed E-state index contributed by atoms with van der Waals surface area (Å²) in [6.07, 6.45) is 0.789. The van der Waals surface area contributed by atoms with Crippen molar-refractivity contribution < 1.29 is 23.1 Å². The maximum Gasteiger partial charge on any atom is 0.321 e. The Morgan fingerprint density at radius 2 is 2.15 bits per heavy atom. The third-order valence-electron chi connectivity index (χ3n) is 2.61. The maximum absolute atomic E-state index is 12.1. The highest BCUT2D eigenvalue weighted by Gasteiger charge is 2.25. The van der Waals surface area contributed by atoms with Crippen LogP contribution in [0.3, 0.4) is 0 Å². The molecule has 6 nitrogen and oxygen atoms in total. The molecule has 0 bridgehead atoms. The molecule has 0 aliphatic heterocycles. The summed E-state index contributed by atoms with van der Waals surface area (Å²) in [5.41, 5.74) is 0. The lowest BCUT2D eigenvalue weighted by Crippen LogP contribution is -2.40. The number of nitrogens with one attached hydrogen (secondary N) is 1. The molecule has 0 amide bonds. The van der Waals surface area contributed by atoms with Crippen LogP contribution in [0.1, 0.15) is 19.8 Å². The average Bonchev–Trinajstić information content (AvgIpc) is 2.37. The number of carbonyl (C=O) groups is 1. The number of hydrogen-bond acceptors (Lipinski definition) is 4. The van der Waals surface area contributed by atoms with Crippen LogP contribution >= 0.6 is 15.9 Å². The summed E-state index contributed by atoms with van der Waals surface area (Å²) in [4.78, 5) is 11.0. The van der Waals surface area contributed by atoms with Crippen LogP contribution in [0.4, 0.5) is 0 Å². The molecular formula is C12H16BrNO5S. The fourth-order valence-corrected chi connectivity index (χ4v) is 3.53. The highest BCUT2D eigenvalue weighted by Crippen LogP contribution is 2.27.